The highest BCUT2D eigenvalue weighted by Crippen LogP contribution is 2.25. The summed E-state index contributed by atoms with van der Waals surface area (Å²) in [7, 11) is 0. The summed E-state index contributed by atoms with van der Waals surface area (Å²) in [5.41, 5.74) is 3.20. The van der Waals surface area contributed by atoms with Gasteiger partial charge in [0.05, 0.1) is 9.78 Å². The highest BCUT2D eigenvalue weighted by Gasteiger charge is 2.05. The van der Waals surface area contributed by atoms with Gasteiger partial charge in [0.25, 0.3) is 5.95 Å². The number of hydrogen-bond acceptors (Lipinski definition) is 6. The molecule has 0 aliphatic heterocycles. The molecule has 7 nitrogen and oxygen atoms in total. The SMILES string of the molecule is Oc1c(I)cc(I)cc1/C=N/Nc1nn[nH]n1. The number of nitrogens with one attached hydrogen (secondary N) is 2. The number of rotatable bonds is 3. The van der Waals surface area contributed by atoms with Crippen molar-refractivity contribution in [2.24, 2.45) is 5.10 Å². The first-order valence-electron chi connectivity index (χ1n) is 4.37. The largest absolute Gasteiger partial charge is 0.506 e. The maximum Gasteiger partial charge on any atom is 0.283 e. The van der Waals surface area contributed by atoms with E-state index < -0.39 is 0 Å². The third-order valence-corrected chi connectivity index (χ3v) is 3.22. The van der Waals surface area contributed by atoms with Gasteiger partial charge >= 0.3 is 0 Å². The van der Waals surface area contributed by atoms with Crippen molar-refractivity contribution < 1.29 is 5.11 Å². The first-order chi connectivity index (χ1) is 8.16. The van der Waals surface area contributed by atoms with Gasteiger partial charge < -0.3 is 5.11 Å². The Morgan fingerprint density at radius 3 is 2.94 bits per heavy atom. The van der Waals surface area contributed by atoms with Crippen molar-refractivity contribution in [3.63, 3.8) is 0 Å². The monoisotopic (exact) mass is 456 g/mol. The highest BCUT2D eigenvalue weighted by molar-refractivity contribution is 14.1. The summed E-state index contributed by atoms with van der Waals surface area (Å²) in [6.07, 6.45) is 1.50. The number of nitrogens with zero attached hydrogens (tertiary/aromatic N) is 4. The molecular formula is C8H6I2N6O. The van der Waals surface area contributed by atoms with Crippen LogP contribution in [-0.4, -0.2) is 31.9 Å². The molecule has 9 heteroatoms. The number of aromatic nitrogens is 4. The van der Waals surface area contributed by atoms with Crippen LogP contribution in [0.5, 0.6) is 5.75 Å². The van der Waals surface area contributed by atoms with Gasteiger partial charge in [-0.2, -0.15) is 10.3 Å². The molecule has 0 bridgehead atoms. The van der Waals surface area contributed by atoms with E-state index in [-0.39, 0.29) is 11.7 Å². The van der Waals surface area contributed by atoms with Gasteiger partial charge in [0, 0.05) is 9.13 Å². The molecule has 0 aliphatic carbocycles. The second-order valence-corrected chi connectivity index (χ2v) is 5.34. The van der Waals surface area contributed by atoms with E-state index in [0.29, 0.717) is 5.56 Å². The van der Waals surface area contributed by atoms with Crippen molar-refractivity contribution in [1.29, 1.82) is 0 Å². The van der Waals surface area contributed by atoms with Crippen LogP contribution in [-0.2, 0) is 0 Å². The summed E-state index contributed by atoms with van der Waals surface area (Å²) in [6.45, 7) is 0. The second-order valence-electron chi connectivity index (χ2n) is 2.93. The maximum absolute atomic E-state index is 9.80. The van der Waals surface area contributed by atoms with E-state index in [2.05, 4.69) is 76.3 Å². The minimum absolute atomic E-state index is 0.199. The van der Waals surface area contributed by atoms with Crippen molar-refractivity contribution in [3.8, 4) is 5.75 Å². The summed E-state index contributed by atoms with van der Waals surface area (Å²) in [6, 6.07) is 3.69. The first kappa shape index (κ1) is 12.5. The number of H-pyrrole nitrogens is 1. The van der Waals surface area contributed by atoms with Gasteiger partial charge in [0.1, 0.15) is 5.75 Å². The smallest absolute Gasteiger partial charge is 0.283 e. The summed E-state index contributed by atoms with van der Waals surface area (Å²) in [5, 5.41) is 26.7. The molecule has 0 saturated carbocycles. The molecule has 17 heavy (non-hydrogen) atoms. The number of anilines is 1. The average Bonchev–Trinajstić information content (AvgIpc) is 2.78. The predicted molar refractivity (Wildman–Crippen MR) is 78.9 cm³/mol. The number of benzene rings is 1. The van der Waals surface area contributed by atoms with E-state index in [1.165, 1.54) is 6.21 Å². The molecule has 2 rings (SSSR count). The molecule has 2 aromatic rings. The van der Waals surface area contributed by atoms with E-state index in [9.17, 15) is 5.11 Å². The maximum atomic E-state index is 9.80. The number of hydrogen-bond donors (Lipinski definition) is 3. The Bertz CT molecular complexity index is 541. The van der Waals surface area contributed by atoms with Crippen LogP contribution >= 0.6 is 45.2 Å². The van der Waals surface area contributed by atoms with Gasteiger partial charge in [-0.05, 0) is 62.5 Å². The van der Waals surface area contributed by atoms with E-state index >= 15 is 0 Å². The van der Waals surface area contributed by atoms with Crippen molar-refractivity contribution in [1.82, 2.24) is 20.6 Å². The number of aromatic hydroxyl groups is 1. The normalized spacial score (nSPS) is 10.9. The summed E-state index contributed by atoms with van der Waals surface area (Å²) in [4.78, 5) is 0. The fourth-order valence-corrected chi connectivity index (χ4v) is 2.94. The number of phenols is 1. The molecule has 1 heterocycles. The molecular weight excluding hydrogens is 450 g/mol. The Morgan fingerprint density at radius 2 is 2.24 bits per heavy atom. The summed E-state index contributed by atoms with van der Waals surface area (Å²) < 4.78 is 1.79. The molecule has 0 amide bonds. The fraction of sp³-hybridized carbons (Fsp3) is 0. The van der Waals surface area contributed by atoms with Crippen molar-refractivity contribution in [2.75, 3.05) is 5.43 Å². The van der Waals surface area contributed by atoms with Crippen LogP contribution in [0.2, 0.25) is 0 Å². The molecule has 88 valence electrons. The summed E-state index contributed by atoms with van der Waals surface area (Å²) in [5.74, 6) is 0.464. The Balaban J connectivity index is 2.15. The van der Waals surface area contributed by atoms with Gasteiger partial charge in [-0.25, -0.2) is 5.43 Å². The zero-order chi connectivity index (χ0) is 12.3. The van der Waals surface area contributed by atoms with Crippen LogP contribution in [0.1, 0.15) is 5.56 Å². The molecule has 0 radical (unpaired) electrons. The van der Waals surface area contributed by atoms with E-state index in [1.807, 2.05) is 12.1 Å². The molecule has 0 unspecified atom stereocenters. The molecule has 3 N–H and O–H groups in total. The lowest BCUT2D eigenvalue weighted by molar-refractivity contribution is 0.470. The Morgan fingerprint density at radius 1 is 1.41 bits per heavy atom. The van der Waals surface area contributed by atoms with Crippen LogP contribution in [0.3, 0.4) is 0 Å². The number of halogens is 2. The minimum Gasteiger partial charge on any atom is -0.506 e. The van der Waals surface area contributed by atoms with Crippen molar-refractivity contribution in [3.05, 3.63) is 24.8 Å². The number of aromatic amines is 1. The second kappa shape index (κ2) is 5.57. The van der Waals surface area contributed by atoms with Crippen LogP contribution in [0.25, 0.3) is 0 Å². The summed E-state index contributed by atoms with van der Waals surface area (Å²) >= 11 is 4.23. The number of tetrazole rings is 1. The van der Waals surface area contributed by atoms with Crippen molar-refractivity contribution in [2.45, 2.75) is 0 Å². The molecule has 0 saturated heterocycles. The highest BCUT2D eigenvalue weighted by atomic mass is 127. The lowest BCUT2D eigenvalue weighted by atomic mass is 10.2. The molecule has 1 aromatic carbocycles. The van der Waals surface area contributed by atoms with Gasteiger partial charge in [0.2, 0.25) is 0 Å². The number of phenolic OH excluding ortho intramolecular Hbond substituents is 1. The lowest BCUT2D eigenvalue weighted by Crippen LogP contribution is -1.94. The van der Waals surface area contributed by atoms with Gasteiger partial charge in [-0.15, -0.1) is 5.10 Å². The Labute approximate surface area is 123 Å². The van der Waals surface area contributed by atoms with Crippen molar-refractivity contribution >= 4 is 57.3 Å². The van der Waals surface area contributed by atoms with Crippen LogP contribution < -0.4 is 5.43 Å². The molecule has 0 fully saturated rings. The minimum atomic E-state index is 0.199. The van der Waals surface area contributed by atoms with Gasteiger partial charge in [0.15, 0.2) is 0 Å². The molecule has 1 aromatic heterocycles. The molecule has 0 spiro atoms. The van der Waals surface area contributed by atoms with Gasteiger partial charge in [-0.1, -0.05) is 5.10 Å². The van der Waals surface area contributed by atoms with Crippen LogP contribution in [0.15, 0.2) is 17.2 Å². The molecule has 0 atom stereocenters. The topological polar surface area (TPSA) is 99.1 Å². The first-order valence-corrected chi connectivity index (χ1v) is 6.53. The Kier molecular flexibility index (Phi) is 4.09. The van der Waals surface area contributed by atoms with Crippen LogP contribution in [0.4, 0.5) is 5.95 Å². The zero-order valence-electron chi connectivity index (χ0n) is 8.22. The van der Waals surface area contributed by atoms with E-state index in [4.69, 9.17) is 0 Å². The van der Waals surface area contributed by atoms with Gasteiger partial charge in [-0.3, -0.25) is 0 Å². The third-order valence-electron chi connectivity index (χ3n) is 1.77. The quantitative estimate of drug-likeness (QED) is 0.370. The standard InChI is InChI=1S/C8H6I2N6O/c9-5-1-4(7(17)6(10)2-5)3-11-12-8-13-15-16-14-8/h1-3,17H,(H2,12,13,14,15,16)/b11-3+. The van der Waals surface area contributed by atoms with E-state index in [0.717, 1.165) is 7.14 Å². The number of hydrazone groups is 1. The van der Waals surface area contributed by atoms with Crippen LogP contribution in [0, 0.1) is 7.14 Å². The fourth-order valence-electron chi connectivity index (χ4n) is 1.05. The zero-order valence-corrected chi connectivity index (χ0v) is 12.5. The predicted octanol–water partition coefficient (Wildman–Crippen LogP) is 1.56. The third kappa shape index (κ3) is 3.24. The Hall–Kier alpha value is -0.980. The lowest BCUT2D eigenvalue weighted by Gasteiger charge is -2.02. The van der Waals surface area contributed by atoms with E-state index in [1.54, 1.807) is 0 Å². The average molecular weight is 456 g/mol. The molecule has 0 aliphatic rings.